The van der Waals surface area contributed by atoms with Gasteiger partial charge in [-0.1, -0.05) is 35.9 Å². The molecular formula is C19H24N2O3S. The Labute approximate surface area is 149 Å². The highest BCUT2D eigenvalue weighted by Gasteiger charge is 2.26. The van der Waals surface area contributed by atoms with E-state index < -0.39 is 10.0 Å². The van der Waals surface area contributed by atoms with E-state index in [-0.39, 0.29) is 17.9 Å². The fourth-order valence-corrected chi connectivity index (χ4v) is 4.54. The molecule has 0 spiro atoms. The van der Waals surface area contributed by atoms with E-state index in [0.29, 0.717) is 5.88 Å². The molecule has 0 aliphatic heterocycles. The van der Waals surface area contributed by atoms with Crippen LogP contribution in [0.2, 0.25) is 0 Å². The second-order valence-electron chi connectivity index (χ2n) is 6.62. The van der Waals surface area contributed by atoms with Gasteiger partial charge in [-0.2, -0.15) is 0 Å². The van der Waals surface area contributed by atoms with E-state index in [1.807, 2.05) is 49.4 Å². The smallest absolute Gasteiger partial charge is 0.216 e. The number of benzene rings is 1. The molecule has 134 valence electrons. The van der Waals surface area contributed by atoms with E-state index in [2.05, 4.69) is 9.71 Å². The van der Waals surface area contributed by atoms with Crippen LogP contribution in [0.4, 0.5) is 0 Å². The number of aromatic nitrogens is 1. The monoisotopic (exact) mass is 360 g/mol. The van der Waals surface area contributed by atoms with E-state index >= 15 is 0 Å². The van der Waals surface area contributed by atoms with Crippen LogP contribution >= 0.6 is 0 Å². The van der Waals surface area contributed by atoms with Crippen molar-refractivity contribution in [2.75, 3.05) is 0 Å². The van der Waals surface area contributed by atoms with Gasteiger partial charge in [-0.3, -0.25) is 0 Å². The average molecular weight is 360 g/mol. The summed E-state index contributed by atoms with van der Waals surface area (Å²) in [5.74, 6) is 0.656. The number of pyridine rings is 1. The lowest BCUT2D eigenvalue weighted by molar-refractivity contribution is 0.138. The quantitative estimate of drug-likeness (QED) is 0.859. The largest absolute Gasteiger partial charge is 0.474 e. The number of rotatable bonds is 6. The van der Waals surface area contributed by atoms with E-state index in [4.69, 9.17) is 4.74 Å². The average Bonchev–Trinajstić information content (AvgIpc) is 2.59. The summed E-state index contributed by atoms with van der Waals surface area (Å²) in [6, 6.07) is 13.2. The molecule has 3 rings (SSSR count). The van der Waals surface area contributed by atoms with Crippen LogP contribution in [0.5, 0.6) is 5.88 Å². The predicted molar refractivity (Wildman–Crippen MR) is 97.8 cm³/mol. The Hall–Kier alpha value is -1.92. The summed E-state index contributed by atoms with van der Waals surface area (Å²) in [7, 11) is -3.33. The minimum atomic E-state index is -3.33. The Morgan fingerprint density at radius 3 is 2.44 bits per heavy atom. The van der Waals surface area contributed by atoms with Gasteiger partial charge in [-0.05, 0) is 44.2 Å². The van der Waals surface area contributed by atoms with Crippen molar-refractivity contribution in [2.45, 2.75) is 50.5 Å². The van der Waals surface area contributed by atoms with Crippen LogP contribution in [0.15, 0.2) is 48.7 Å². The van der Waals surface area contributed by atoms with E-state index in [0.717, 1.165) is 36.8 Å². The third-order valence-electron chi connectivity index (χ3n) is 4.42. The second kappa shape index (κ2) is 7.97. The normalized spacial score (nSPS) is 21.0. The zero-order valence-electron chi connectivity index (χ0n) is 14.4. The number of nitrogens with one attached hydrogen (secondary N) is 1. The Morgan fingerprint density at radius 2 is 1.80 bits per heavy atom. The van der Waals surface area contributed by atoms with Crippen LogP contribution in [0.25, 0.3) is 0 Å². The van der Waals surface area contributed by atoms with Crippen molar-refractivity contribution in [1.29, 1.82) is 0 Å². The Balaban J connectivity index is 1.48. The summed E-state index contributed by atoms with van der Waals surface area (Å²) in [5.41, 5.74) is 1.94. The van der Waals surface area contributed by atoms with Gasteiger partial charge in [0.1, 0.15) is 6.10 Å². The van der Waals surface area contributed by atoms with Gasteiger partial charge in [-0.15, -0.1) is 0 Å². The van der Waals surface area contributed by atoms with Gasteiger partial charge in [0, 0.05) is 18.3 Å². The van der Waals surface area contributed by atoms with Crippen molar-refractivity contribution < 1.29 is 13.2 Å². The Bertz CT molecular complexity index is 768. The molecule has 1 aliphatic rings. The molecule has 5 nitrogen and oxygen atoms in total. The van der Waals surface area contributed by atoms with E-state index in [1.54, 1.807) is 6.20 Å². The van der Waals surface area contributed by atoms with Crippen molar-refractivity contribution >= 4 is 10.0 Å². The number of hydrogen-bond acceptors (Lipinski definition) is 4. The lowest BCUT2D eigenvalue weighted by atomic mass is 9.94. The first kappa shape index (κ1) is 17.9. The van der Waals surface area contributed by atoms with Crippen molar-refractivity contribution in [2.24, 2.45) is 0 Å². The molecule has 1 aliphatic carbocycles. The summed E-state index contributed by atoms with van der Waals surface area (Å²) in [6.45, 7) is 1.99. The van der Waals surface area contributed by atoms with Gasteiger partial charge in [-0.25, -0.2) is 18.1 Å². The zero-order chi connectivity index (χ0) is 17.7. The first-order valence-corrected chi connectivity index (χ1v) is 10.3. The molecular weight excluding hydrogens is 336 g/mol. The van der Waals surface area contributed by atoms with Crippen LogP contribution in [-0.4, -0.2) is 25.5 Å². The number of hydrogen-bond donors (Lipinski definition) is 1. The first-order chi connectivity index (χ1) is 12.0. The summed E-state index contributed by atoms with van der Waals surface area (Å²) < 4.78 is 33.4. The van der Waals surface area contributed by atoms with Crippen molar-refractivity contribution in [1.82, 2.24) is 9.71 Å². The maximum atomic E-state index is 12.4. The highest BCUT2D eigenvalue weighted by molar-refractivity contribution is 7.88. The summed E-state index contributed by atoms with van der Waals surface area (Å²) >= 11 is 0. The molecule has 0 saturated heterocycles. The van der Waals surface area contributed by atoms with Crippen LogP contribution < -0.4 is 9.46 Å². The molecule has 0 atom stereocenters. The third-order valence-corrected chi connectivity index (χ3v) is 5.83. The maximum Gasteiger partial charge on any atom is 0.216 e. The van der Waals surface area contributed by atoms with Gasteiger partial charge >= 0.3 is 0 Å². The molecule has 0 unspecified atom stereocenters. The van der Waals surface area contributed by atoms with Gasteiger partial charge in [0.15, 0.2) is 0 Å². The molecule has 0 amide bonds. The van der Waals surface area contributed by atoms with Crippen LogP contribution in [0.1, 0.15) is 36.8 Å². The highest BCUT2D eigenvalue weighted by Crippen LogP contribution is 2.23. The molecule has 1 aromatic carbocycles. The summed E-state index contributed by atoms with van der Waals surface area (Å²) in [4.78, 5) is 4.17. The lowest BCUT2D eigenvalue weighted by Crippen LogP contribution is -2.40. The fourth-order valence-electron chi connectivity index (χ4n) is 3.09. The molecule has 0 radical (unpaired) electrons. The SMILES string of the molecule is Cc1ccc(CS(=O)(=O)NC2CCC(Oc3ccccn3)CC2)cc1. The Morgan fingerprint density at radius 1 is 1.08 bits per heavy atom. The molecule has 6 heteroatoms. The van der Waals surface area contributed by atoms with Crippen LogP contribution in [-0.2, 0) is 15.8 Å². The predicted octanol–water partition coefficient (Wildman–Crippen LogP) is 3.20. The standard InChI is InChI=1S/C19H24N2O3S/c1-15-5-7-16(8-6-15)14-25(22,23)21-17-9-11-18(12-10-17)24-19-4-2-3-13-20-19/h2-8,13,17-18,21H,9-12,14H2,1H3. The topological polar surface area (TPSA) is 68.3 Å². The minimum absolute atomic E-state index is 0.0148. The van der Waals surface area contributed by atoms with Crippen molar-refractivity contribution in [3.8, 4) is 5.88 Å². The van der Waals surface area contributed by atoms with E-state index in [1.165, 1.54) is 0 Å². The van der Waals surface area contributed by atoms with Gasteiger partial charge in [0.25, 0.3) is 0 Å². The van der Waals surface area contributed by atoms with E-state index in [9.17, 15) is 8.42 Å². The third kappa shape index (κ3) is 5.54. The number of sulfonamides is 1. The fraction of sp³-hybridized carbons (Fsp3) is 0.421. The molecule has 1 fully saturated rings. The zero-order valence-corrected chi connectivity index (χ0v) is 15.2. The van der Waals surface area contributed by atoms with Crippen molar-refractivity contribution in [3.63, 3.8) is 0 Å². The molecule has 1 N–H and O–H groups in total. The lowest BCUT2D eigenvalue weighted by Gasteiger charge is -2.29. The van der Waals surface area contributed by atoms with Gasteiger partial charge in [0.05, 0.1) is 5.75 Å². The molecule has 2 aromatic rings. The number of aryl methyl sites for hydroxylation is 1. The highest BCUT2D eigenvalue weighted by atomic mass is 32.2. The molecule has 1 saturated carbocycles. The van der Waals surface area contributed by atoms with Gasteiger partial charge < -0.3 is 4.74 Å². The second-order valence-corrected chi connectivity index (χ2v) is 8.38. The Kier molecular flexibility index (Phi) is 5.71. The minimum Gasteiger partial charge on any atom is -0.474 e. The number of nitrogens with zero attached hydrogens (tertiary/aromatic N) is 1. The maximum absolute atomic E-state index is 12.4. The number of ether oxygens (including phenoxy) is 1. The molecule has 1 aromatic heterocycles. The first-order valence-electron chi connectivity index (χ1n) is 8.63. The van der Waals surface area contributed by atoms with Crippen molar-refractivity contribution in [3.05, 3.63) is 59.8 Å². The summed E-state index contributed by atoms with van der Waals surface area (Å²) in [5, 5.41) is 0. The molecule has 0 bridgehead atoms. The van der Waals surface area contributed by atoms with Crippen LogP contribution in [0.3, 0.4) is 0 Å². The molecule has 1 heterocycles. The summed E-state index contributed by atoms with van der Waals surface area (Å²) in [6.07, 6.45) is 5.03. The van der Waals surface area contributed by atoms with Crippen LogP contribution in [0, 0.1) is 6.92 Å². The van der Waals surface area contributed by atoms with Gasteiger partial charge in [0.2, 0.25) is 15.9 Å². The molecule has 25 heavy (non-hydrogen) atoms.